The van der Waals surface area contributed by atoms with Gasteiger partial charge in [-0.3, -0.25) is 53.7 Å². The van der Waals surface area contributed by atoms with E-state index in [0.29, 0.717) is 43.5 Å². The molecule has 2 atom stereocenters. The van der Waals surface area contributed by atoms with Gasteiger partial charge in [0.05, 0.1) is 23.8 Å². The molecule has 9 rings (SSSR count). The summed E-state index contributed by atoms with van der Waals surface area (Å²) in [5.74, 6) is -1.08. The number of imide groups is 2. The standard InChI is InChI=1S/C47H59N11O7/c59-36(28-55-16-11-32-3-1-2-4-33(32)27-55)25-48-44(62)39-24-41(50-30-49-39)51-34-12-17-57(18-13-34)43(61)29-53-14-9-31(10-15-53)26-54-19-21-56(22-20-54)35-5-6-37-38(23-35)47(65)58(46(37)64)40-7-8-42(60)52-45(40)63/h1-6,23-24,30-31,34,36,40,59H,7-22,25-29H2,(H,48,62)(H,49,50,51)(H,52,60,63)/t36-,40?/m0/s1. The second-order valence-electron chi connectivity index (χ2n) is 18.4. The smallest absolute Gasteiger partial charge is 0.270 e. The van der Waals surface area contributed by atoms with Crippen LogP contribution >= 0.6 is 0 Å². The summed E-state index contributed by atoms with van der Waals surface area (Å²) in [6.07, 6.45) is 5.45. The number of fused-ring (bicyclic) bond motifs is 2. The molecule has 6 amide bonds. The van der Waals surface area contributed by atoms with Crippen molar-refractivity contribution in [2.45, 2.75) is 69.7 Å². The summed E-state index contributed by atoms with van der Waals surface area (Å²) in [6, 6.07) is 14.4. The Labute approximate surface area is 378 Å². The number of benzene rings is 2. The molecule has 1 unspecified atom stereocenters. The molecule has 0 saturated carbocycles. The number of hydrogen-bond donors (Lipinski definition) is 4. The largest absolute Gasteiger partial charge is 0.390 e. The number of piperidine rings is 3. The number of aliphatic hydroxyl groups is 1. The Kier molecular flexibility index (Phi) is 13.5. The Bertz CT molecular complexity index is 2290. The summed E-state index contributed by atoms with van der Waals surface area (Å²) in [4.78, 5) is 97.6. The highest BCUT2D eigenvalue weighted by Crippen LogP contribution is 2.31. The first kappa shape index (κ1) is 44.4. The number of likely N-dealkylation sites (tertiary alicyclic amines) is 2. The molecule has 65 heavy (non-hydrogen) atoms. The zero-order valence-electron chi connectivity index (χ0n) is 36.8. The number of amides is 6. The Morgan fingerprint density at radius 3 is 2.29 bits per heavy atom. The SMILES string of the molecule is O=C1CCC(N2C(=O)c3ccc(N4CCN(CC5CCN(CC(=O)N6CCC(Nc7cc(C(=O)NC[C@H](O)CN8CCc9ccccc9C8)ncn7)CC6)CC5)CC4)cc3C2=O)C(=O)N1. The molecule has 4 fully saturated rings. The summed E-state index contributed by atoms with van der Waals surface area (Å²) >= 11 is 0. The molecule has 0 radical (unpaired) electrons. The number of carbonyl (C=O) groups excluding carboxylic acids is 6. The zero-order chi connectivity index (χ0) is 45.0. The summed E-state index contributed by atoms with van der Waals surface area (Å²) in [5.41, 5.74) is 4.33. The predicted molar refractivity (Wildman–Crippen MR) is 240 cm³/mol. The number of piperazine rings is 1. The molecule has 0 bridgehead atoms. The van der Waals surface area contributed by atoms with E-state index in [0.717, 1.165) is 102 Å². The van der Waals surface area contributed by atoms with Gasteiger partial charge >= 0.3 is 0 Å². The van der Waals surface area contributed by atoms with E-state index in [-0.39, 0.29) is 48.5 Å². The average Bonchev–Trinajstić information content (AvgIpc) is 3.56. The number of aromatic nitrogens is 2. The molecular formula is C47H59N11O7. The van der Waals surface area contributed by atoms with Crippen LogP contribution in [-0.4, -0.2) is 178 Å². The minimum Gasteiger partial charge on any atom is -0.390 e. The van der Waals surface area contributed by atoms with E-state index in [9.17, 15) is 33.9 Å². The number of nitrogens with one attached hydrogen (secondary N) is 3. The summed E-state index contributed by atoms with van der Waals surface area (Å²) in [6.45, 7) is 10.1. The van der Waals surface area contributed by atoms with Gasteiger partial charge in [0.2, 0.25) is 17.7 Å². The van der Waals surface area contributed by atoms with E-state index in [1.165, 1.54) is 17.5 Å². The van der Waals surface area contributed by atoms with Crippen LogP contribution in [0.3, 0.4) is 0 Å². The molecule has 6 aliphatic rings. The number of rotatable bonds is 13. The minimum atomic E-state index is -0.980. The number of nitrogens with zero attached hydrogens (tertiary/aromatic N) is 8. The second-order valence-corrected chi connectivity index (χ2v) is 18.4. The maximum Gasteiger partial charge on any atom is 0.270 e. The quantitative estimate of drug-likeness (QED) is 0.177. The number of anilines is 2. The van der Waals surface area contributed by atoms with Crippen molar-refractivity contribution in [1.29, 1.82) is 0 Å². The Hall–Kier alpha value is -5.82. The average molecular weight is 890 g/mol. The van der Waals surface area contributed by atoms with Gasteiger partial charge in [0.1, 0.15) is 23.9 Å². The third-order valence-electron chi connectivity index (χ3n) is 14.0. The van der Waals surface area contributed by atoms with Crippen LogP contribution in [-0.2, 0) is 27.3 Å². The Morgan fingerprint density at radius 1 is 0.769 bits per heavy atom. The van der Waals surface area contributed by atoms with Crippen molar-refractivity contribution in [3.05, 3.63) is 82.8 Å². The van der Waals surface area contributed by atoms with Crippen molar-refractivity contribution >= 4 is 46.9 Å². The molecule has 344 valence electrons. The molecule has 0 aliphatic carbocycles. The van der Waals surface area contributed by atoms with Gasteiger partial charge in [-0.25, -0.2) is 9.97 Å². The Morgan fingerprint density at radius 2 is 1.52 bits per heavy atom. The first-order chi connectivity index (χ1) is 31.5. The molecule has 2 aromatic carbocycles. The topological polar surface area (TPSA) is 204 Å². The van der Waals surface area contributed by atoms with Crippen molar-refractivity contribution in [2.75, 3.05) is 95.3 Å². The predicted octanol–water partition coefficient (Wildman–Crippen LogP) is 0.964. The lowest BCUT2D eigenvalue weighted by molar-refractivity contribution is -0.136. The van der Waals surface area contributed by atoms with E-state index in [1.54, 1.807) is 18.2 Å². The lowest BCUT2D eigenvalue weighted by Gasteiger charge is -2.40. The van der Waals surface area contributed by atoms with E-state index in [4.69, 9.17) is 0 Å². The maximum absolute atomic E-state index is 13.4. The molecule has 1 aromatic heterocycles. The van der Waals surface area contributed by atoms with Gasteiger partial charge in [-0.15, -0.1) is 0 Å². The van der Waals surface area contributed by atoms with Crippen LogP contribution in [0.25, 0.3) is 0 Å². The fourth-order valence-electron chi connectivity index (χ4n) is 10.2. The molecular weight excluding hydrogens is 831 g/mol. The van der Waals surface area contributed by atoms with E-state index in [1.807, 2.05) is 17.0 Å². The fourth-order valence-corrected chi connectivity index (χ4v) is 10.2. The van der Waals surface area contributed by atoms with Crippen molar-refractivity contribution < 1.29 is 33.9 Å². The van der Waals surface area contributed by atoms with Crippen molar-refractivity contribution in [1.82, 2.24) is 45.1 Å². The third kappa shape index (κ3) is 10.4. The first-order valence-electron chi connectivity index (χ1n) is 23.2. The van der Waals surface area contributed by atoms with Crippen LogP contribution in [0, 0.1) is 5.92 Å². The number of carbonyl (C=O) groups is 6. The Balaban J connectivity index is 0.653. The van der Waals surface area contributed by atoms with E-state index in [2.05, 4.69) is 63.7 Å². The van der Waals surface area contributed by atoms with Crippen LogP contribution in [0.2, 0.25) is 0 Å². The van der Waals surface area contributed by atoms with Gasteiger partial charge in [0.25, 0.3) is 17.7 Å². The van der Waals surface area contributed by atoms with Crippen molar-refractivity contribution in [3.8, 4) is 0 Å². The number of hydrogen-bond acceptors (Lipinski definition) is 14. The molecule has 4 saturated heterocycles. The first-order valence-corrected chi connectivity index (χ1v) is 23.2. The number of β-amino-alcohol motifs (C(OH)–C–C–N with tert-alkyl or cyclic N) is 1. The molecule has 7 heterocycles. The van der Waals surface area contributed by atoms with Crippen molar-refractivity contribution in [3.63, 3.8) is 0 Å². The zero-order valence-corrected chi connectivity index (χ0v) is 36.8. The van der Waals surface area contributed by atoms with Gasteiger partial charge in [0.15, 0.2) is 0 Å². The van der Waals surface area contributed by atoms with Gasteiger partial charge < -0.3 is 25.5 Å². The molecule has 6 aliphatic heterocycles. The van der Waals surface area contributed by atoms with Gasteiger partial charge in [-0.2, -0.15) is 0 Å². The number of aliphatic hydroxyl groups excluding tert-OH is 1. The highest BCUT2D eigenvalue weighted by atomic mass is 16.3. The fraction of sp³-hybridized carbons (Fsp3) is 0.532. The van der Waals surface area contributed by atoms with Crippen LogP contribution in [0.15, 0.2) is 54.9 Å². The van der Waals surface area contributed by atoms with Crippen LogP contribution in [0.1, 0.15) is 80.9 Å². The highest BCUT2D eigenvalue weighted by molar-refractivity contribution is 6.23. The lowest BCUT2D eigenvalue weighted by atomic mass is 9.95. The van der Waals surface area contributed by atoms with Gasteiger partial charge in [0, 0.05) is 96.2 Å². The summed E-state index contributed by atoms with van der Waals surface area (Å²) in [7, 11) is 0. The van der Waals surface area contributed by atoms with Gasteiger partial charge in [-0.1, -0.05) is 24.3 Å². The van der Waals surface area contributed by atoms with E-state index >= 15 is 0 Å². The van der Waals surface area contributed by atoms with Crippen molar-refractivity contribution in [2.24, 2.45) is 5.92 Å². The molecule has 3 aromatic rings. The van der Waals surface area contributed by atoms with Crippen LogP contribution in [0.5, 0.6) is 0 Å². The van der Waals surface area contributed by atoms with Gasteiger partial charge in [-0.05, 0) is 86.9 Å². The summed E-state index contributed by atoms with van der Waals surface area (Å²) < 4.78 is 0. The molecule has 0 spiro atoms. The third-order valence-corrected chi connectivity index (χ3v) is 14.0. The minimum absolute atomic E-state index is 0.0862. The monoisotopic (exact) mass is 889 g/mol. The maximum atomic E-state index is 13.4. The summed E-state index contributed by atoms with van der Waals surface area (Å²) in [5, 5.41) is 19.2. The lowest BCUT2D eigenvalue weighted by Crippen LogP contribution is -2.54. The van der Waals surface area contributed by atoms with E-state index < -0.39 is 35.8 Å². The van der Waals surface area contributed by atoms with Crippen LogP contribution < -0.4 is 20.9 Å². The molecule has 18 heteroatoms. The normalized spacial score (nSPS) is 22.1. The molecule has 4 N–H and O–H groups in total. The van der Waals surface area contributed by atoms with Crippen LogP contribution in [0.4, 0.5) is 11.5 Å². The molecule has 18 nitrogen and oxygen atoms in total. The second kappa shape index (κ2) is 19.7. The highest BCUT2D eigenvalue weighted by Gasteiger charge is 2.45.